The first-order valence-electron chi connectivity index (χ1n) is 40.7. The van der Waals surface area contributed by atoms with E-state index in [-0.39, 0.29) is 25.7 Å². The summed E-state index contributed by atoms with van der Waals surface area (Å²) in [6.07, 6.45) is 60.9. The van der Waals surface area contributed by atoms with E-state index in [2.05, 4.69) is 34.6 Å². The lowest BCUT2D eigenvalue weighted by molar-refractivity contribution is -0.161. The zero-order chi connectivity index (χ0) is 71.2. The number of unbranched alkanes of at least 4 members (excludes halogenated alkanes) is 49. The molecule has 0 rings (SSSR count). The molecule has 0 bridgehead atoms. The van der Waals surface area contributed by atoms with Gasteiger partial charge in [-0.05, 0) is 31.6 Å². The second-order valence-corrected chi connectivity index (χ2v) is 31.3. The Hall–Kier alpha value is -1.94. The highest BCUT2D eigenvalue weighted by atomic mass is 31.2. The van der Waals surface area contributed by atoms with Crippen LogP contribution >= 0.6 is 15.6 Å². The van der Waals surface area contributed by atoms with Crippen molar-refractivity contribution in [3.8, 4) is 0 Å². The van der Waals surface area contributed by atoms with Crippen LogP contribution in [0.1, 0.15) is 413 Å². The van der Waals surface area contributed by atoms with Crippen molar-refractivity contribution in [1.82, 2.24) is 0 Å². The van der Waals surface area contributed by atoms with Crippen molar-refractivity contribution in [3.05, 3.63) is 0 Å². The first-order valence-corrected chi connectivity index (χ1v) is 43.7. The Morgan fingerprint density at radius 3 is 0.732 bits per heavy atom. The maximum absolute atomic E-state index is 13.1. The van der Waals surface area contributed by atoms with E-state index in [1.54, 1.807) is 0 Å². The minimum atomic E-state index is -4.96. The molecule has 0 heterocycles. The summed E-state index contributed by atoms with van der Waals surface area (Å²) < 4.78 is 68.6. The molecule has 0 fully saturated rings. The largest absolute Gasteiger partial charge is 0.472 e. The highest BCUT2D eigenvalue weighted by molar-refractivity contribution is 7.47. The molecule has 0 radical (unpaired) electrons. The van der Waals surface area contributed by atoms with Gasteiger partial charge in [-0.25, -0.2) is 9.13 Å². The molecule has 576 valence electrons. The fourth-order valence-corrected chi connectivity index (χ4v) is 13.6. The van der Waals surface area contributed by atoms with Crippen LogP contribution in [0.4, 0.5) is 0 Å². The molecule has 97 heavy (non-hydrogen) atoms. The van der Waals surface area contributed by atoms with E-state index in [0.29, 0.717) is 25.7 Å². The molecular weight excluding hydrogens is 1270 g/mol. The summed E-state index contributed by atoms with van der Waals surface area (Å²) in [5, 5.41) is 10.6. The van der Waals surface area contributed by atoms with Gasteiger partial charge in [0.05, 0.1) is 26.4 Å². The Morgan fingerprint density at radius 1 is 0.289 bits per heavy atom. The number of hydrogen-bond acceptors (Lipinski definition) is 15. The molecule has 0 aromatic rings. The summed E-state index contributed by atoms with van der Waals surface area (Å²) in [5.74, 6) is -1.38. The van der Waals surface area contributed by atoms with E-state index >= 15 is 0 Å². The predicted molar refractivity (Wildman–Crippen MR) is 395 cm³/mol. The van der Waals surface area contributed by atoms with Gasteiger partial charge in [0.2, 0.25) is 0 Å². The van der Waals surface area contributed by atoms with Gasteiger partial charge in [0, 0.05) is 25.7 Å². The molecule has 17 nitrogen and oxygen atoms in total. The van der Waals surface area contributed by atoms with Gasteiger partial charge in [-0.3, -0.25) is 37.3 Å². The summed E-state index contributed by atoms with van der Waals surface area (Å²) in [6.45, 7) is 7.28. The third-order valence-corrected chi connectivity index (χ3v) is 20.5. The molecule has 0 spiro atoms. The third kappa shape index (κ3) is 70.9. The molecule has 0 saturated heterocycles. The Bertz CT molecular complexity index is 1860. The first-order chi connectivity index (χ1) is 47.1. The quantitative estimate of drug-likeness (QED) is 0.0222. The zero-order valence-corrected chi connectivity index (χ0v) is 65.0. The van der Waals surface area contributed by atoms with Gasteiger partial charge in [0.1, 0.15) is 19.3 Å². The fourth-order valence-electron chi connectivity index (χ4n) is 12.0. The normalized spacial score (nSPS) is 14.2. The fraction of sp³-hybridized carbons (Fsp3) is 0.949. The van der Waals surface area contributed by atoms with Crippen LogP contribution in [0.2, 0.25) is 0 Å². The van der Waals surface area contributed by atoms with Crippen molar-refractivity contribution < 1.29 is 80.2 Å². The van der Waals surface area contributed by atoms with E-state index in [4.69, 9.17) is 37.0 Å². The number of carbonyl (C=O) groups excluding carboxylic acids is 4. The van der Waals surface area contributed by atoms with Crippen molar-refractivity contribution in [1.29, 1.82) is 0 Å². The SMILES string of the molecule is CCCCCCCCCCCCCCCCCCC(=O)OC[C@H](COP(=O)(O)OC[C@@H](O)COP(=O)(O)OC[C@@H](COC(=O)CCCCCCCCC(C)CC)OC(=O)CCCCCCCCCCCCCCCCC)OC(=O)CCCCCCCCCCCCCCCCCC. The number of aliphatic hydroxyl groups is 1. The van der Waals surface area contributed by atoms with E-state index in [0.717, 1.165) is 102 Å². The molecule has 0 aromatic heterocycles. The van der Waals surface area contributed by atoms with E-state index in [1.165, 1.54) is 231 Å². The summed E-state index contributed by atoms with van der Waals surface area (Å²) in [4.78, 5) is 72.9. The van der Waals surface area contributed by atoms with E-state index in [1.807, 2.05) is 0 Å². The molecule has 0 aliphatic carbocycles. The molecule has 0 saturated carbocycles. The Morgan fingerprint density at radius 2 is 0.495 bits per heavy atom. The number of esters is 4. The maximum Gasteiger partial charge on any atom is 0.472 e. The van der Waals surface area contributed by atoms with Crippen molar-refractivity contribution in [2.75, 3.05) is 39.6 Å². The van der Waals surface area contributed by atoms with Crippen LogP contribution in [0, 0.1) is 5.92 Å². The Kier molecular flexibility index (Phi) is 69.6. The topological polar surface area (TPSA) is 237 Å². The standard InChI is InChI=1S/C78H152O17P2/c1-6-10-13-16-19-22-25-28-31-34-36-39-42-45-51-56-61-75(80)88-67-73(94-77(82)63-59-54-47-44-41-38-35-32-29-26-23-20-17-14-11-7-2)69-92-96(84,85)90-65-72(79)66-91-97(86,87)93-70-74(68-89-76(81)62-57-52-49-48-50-55-60-71(5)9-4)95-78(83)64-58-53-46-43-40-37-33-30-27-24-21-18-15-12-8-3/h71-74,79H,6-70H2,1-5H3,(H,84,85)(H,86,87)/t71?,72-,73-,74-/m1/s1. The minimum absolute atomic E-state index is 0.108. The lowest BCUT2D eigenvalue weighted by atomic mass is 10.00. The van der Waals surface area contributed by atoms with Gasteiger partial charge in [0.25, 0.3) is 0 Å². The van der Waals surface area contributed by atoms with Crippen molar-refractivity contribution in [2.45, 2.75) is 432 Å². The molecule has 0 amide bonds. The number of ether oxygens (including phenoxy) is 4. The summed E-state index contributed by atoms with van der Waals surface area (Å²) in [6, 6.07) is 0. The summed E-state index contributed by atoms with van der Waals surface area (Å²) >= 11 is 0. The predicted octanol–water partition coefficient (Wildman–Crippen LogP) is 23.3. The average molecular weight is 1420 g/mol. The minimum Gasteiger partial charge on any atom is -0.462 e. The molecule has 6 atom stereocenters. The van der Waals surface area contributed by atoms with Crippen molar-refractivity contribution in [3.63, 3.8) is 0 Å². The van der Waals surface area contributed by atoms with Crippen LogP contribution in [0.3, 0.4) is 0 Å². The lowest BCUT2D eigenvalue weighted by Gasteiger charge is -2.21. The number of phosphoric acid groups is 2. The molecule has 19 heteroatoms. The summed E-state index contributed by atoms with van der Waals surface area (Å²) in [7, 11) is -9.91. The van der Waals surface area contributed by atoms with Crippen molar-refractivity contribution in [2.24, 2.45) is 5.92 Å². The molecule has 0 aliphatic rings. The molecule has 3 N–H and O–H groups in total. The van der Waals surface area contributed by atoms with Crippen LogP contribution in [0.15, 0.2) is 0 Å². The van der Waals surface area contributed by atoms with E-state index in [9.17, 15) is 43.2 Å². The Balaban J connectivity index is 5.25. The maximum atomic E-state index is 13.1. The number of rotatable bonds is 78. The highest BCUT2D eigenvalue weighted by Gasteiger charge is 2.30. The second-order valence-electron chi connectivity index (χ2n) is 28.3. The van der Waals surface area contributed by atoms with Crippen LogP contribution in [-0.4, -0.2) is 96.7 Å². The van der Waals surface area contributed by atoms with Crippen molar-refractivity contribution >= 4 is 39.5 Å². The monoisotopic (exact) mass is 1420 g/mol. The van der Waals surface area contributed by atoms with Gasteiger partial charge in [-0.2, -0.15) is 0 Å². The van der Waals surface area contributed by atoms with Gasteiger partial charge in [-0.1, -0.05) is 362 Å². The number of hydrogen-bond donors (Lipinski definition) is 3. The smallest absolute Gasteiger partial charge is 0.462 e. The van der Waals surface area contributed by atoms with Crippen LogP contribution in [-0.2, 0) is 65.4 Å². The lowest BCUT2D eigenvalue weighted by Crippen LogP contribution is -2.30. The van der Waals surface area contributed by atoms with Gasteiger partial charge in [-0.15, -0.1) is 0 Å². The number of aliphatic hydroxyl groups excluding tert-OH is 1. The Labute approximate surface area is 594 Å². The molecule has 3 unspecified atom stereocenters. The van der Waals surface area contributed by atoms with Crippen LogP contribution < -0.4 is 0 Å². The first kappa shape index (κ1) is 95.1. The van der Waals surface area contributed by atoms with Crippen LogP contribution in [0.5, 0.6) is 0 Å². The molecular formula is C78H152O17P2. The third-order valence-electron chi connectivity index (χ3n) is 18.6. The van der Waals surface area contributed by atoms with Gasteiger partial charge < -0.3 is 33.8 Å². The zero-order valence-electron chi connectivity index (χ0n) is 63.2. The van der Waals surface area contributed by atoms with Gasteiger partial charge >= 0.3 is 39.5 Å². The highest BCUT2D eigenvalue weighted by Crippen LogP contribution is 2.45. The second kappa shape index (κ2) is 71.1. The van der Waals surface area contributed by atoms with Gasteiger partial charge in [0.15, 0.2) is 12.2 Å². The number of phosphoric ester groups is 2. The van der Waals surface area contributed by atoms with Crippen LogP contribution in [0.25, 0.3) is 0 Å². The average Bonchev–Trinajstić information content (AvgIpc) is 2.20. The summed E-state index contributed by atoms with van der Waals surface area (Å²) in [5.41, 5.74) is 0. The molecule has 0 aliphatic heterocycles. The molecule has 0 aromatic carbocycles. The number of carbonyl (C=O) groups is 4. The van der Waals surface area contributed by atoms with E-state index < -0.39 is 97.5 Å².